The summed E-state index contributed by atoms with van der Waals surface area (Å²) in [6.45, 7) is 3.18. The Bertz CT molecular complexity index is 350. The standard InChI is InChI=1S/C10H13FN2O/c1-6-8(11)4-3-5-9(6)13-10(14)7(2)12/h3-5,7H,12H2,1-2H3,(H,13,14)/t7-/m0/s1. The van der Waals surface area contributed by atoms with Gasteiger partial charge in [-0.1, -0.05) is 6.07 Å². The van der Waals surface area contributed by atoms with E-state index in [9.17, 15) is 9.18 Å². The van der Waals surface area contributed by atoms with Crippen molar-refractivity contribution in [3.8, 4) is 0 Å². The summed E-state index contributed by atoms with van der Waals surface area (Å²) in [5, 5.41) is 2.55. The maximum absolute atomic E-state index is 13.0. The van der Waals surface area contributed by atoms with Crippen LogP contribution in [-0.2, 0) is 4.79 Å². The van der Waals surface area contributed by atoms with E-state index in [4.69, 9.17) is 5.73 Å². The summed E-state index contributed by atoms with van der Waals surface area (Å²) in [6, 6.07) is 3.92. The zero-order chi connectivity index (χ0) is 10.7. The van der Waals surface area contributed by atoms with Crippen LogP contribution < -0.4 is 11.1 Å². The van der Waals surface area contributed by atoms with Crippen molar-refractivity contribution in [2.24, 2.45) is 5.73 Å². The molecule has 0 heterocycles. The van der Waals surface area contributed by atoms with E-state index >= 15 is 0 Å². The summed E-state index contributed by atoms with van der Waals surface area (Å²) in [7, 11) is 0. The molecule has 0 saturated heterocycles. The van der Waals surface area contributed by atoms with Gasteiger partial charge in [-0.15, -0.1) is 0 Å². The van der Waals surface area contributed by atoms with Crippen molar-refractivity contribution < 1.29 is 9.18 Å². The van der Waals surface area contributed by atoms with E-state index in [0.717, 1.165) is 0 Å². The highest BCUT2D eigenvalue weighted by molar-refractivity contribution is 5.94. The number of carbonyl (C=O) groups excluding carboxylic acids is 1. The number of benzene rings is 1. The van der Waals surface area contributed by atoms with Gasteiger partial charge in [-0.25, -0.2) is 4.39 Å². The molecule has 0 aromatic heterocycles. The van der Waals surface area contributed by atoms with Crippen LogP contribution >= 0.6 is 0 Å². The first-order valence-electron chi connectivity index (χ1n) is 4.34. The highest BCUT2D eigenvalue weighted by Crippen LogP contribution is 2.17. The van der Waals surface area contributed by atoms with Crippen LogP contribution in [0, 0.1) is 12.7 Å². The molecule has 0 saturated carbocycles. The van der Waals surface area contributed by atoms with Gasteiger partial charge in [0.2, 0.25) is 5.91 Å². The Hall–Kier alpha value is -1.42. The van der Waals surface area contributed by atoms with Gasteiger partial charge in [-0.2, -0.15) is 0 Å². The Kier molecular flexibility index (Phi) is 3.19. The summed E-state index contributed by atoms with van der Waals surface area (Å²) in [6.07, 6.45) is 0. The molecule has 0 aliphatic carbocycles. The van der Waals surface area contributed by atoms with Gasteiger partial charge >= 0.3 is 0 Å². The number of nitrogens with one attached hydrogen (secondary N) is 1. The van der Waals surface area contributed by atoms with Gasteiger partial charge < -0.3 is 11.1 Å². The number of nitrogens with two attached hydrogens (primary N) is 1. The quantitative estimate of drug-likeness (QED) is 0.751. The molecule has 0 aliphatic heterocycles. The highest BCUT2D eigenvalue weighted by Gasteiger charge is 2.10. The van der Waals surface area contributed by atoms with Crippen LogP contribution in [0.1, 0.15) is 12.5 Å². The van der Waals surface area contributed by atoms with Crippen molar-refractivity contribution in [1.82, 2.24) is 0 Å². The molecule has 3 N–H and O–H groups in total. The van der Waals surface area contributed by atoms with Gasteiger partial charge in [0, 0.05) is 11.3 Å². The maximum atomic E-state index is 13.0. The normalized spacial score (nSPS) is 12.3. The molecule has 1 rings (SSSR count). The van der Waals surface area contributed by atoms with Crippen molar-refractivity contribution in [2.75, 3.05) is 5.32 Å². The topological polar surface area (TPSA) is 55.1 Å². The van der Waals surface area contributed by atoms with Gasteiger partial charge in [-0.3, -0.25) is 4.79 Å². The molecule has 3 nitrogen and oxygen atoms in total. The second-order valence-electron chi connectivity index (χ2n) is 3.19. The van der Waals surface area contributed by atoms with Crippen molar-refractivity contribution in [3.05, 3.63) is 29.6 Å². The summed E-state index contributed by atoms with van der Waals surface area (Å²) >= 11 is 0. The number of anilines is 1. The fourth-order valence-electron chi connectivity index (χ4n) is 0.989. The molecule has 0 radical (unpaired) electrons. The van der Waals surface area contributed by atoms with E-state index in [2.05, 4.69) is 5.32 Å². The van der Waals surface area contributed by atoms with E-state index < -0.39 is 6.04 Å². The van der Waals surface area contributed by atoms with Crippen molar-refractivity contribution in [3.63, 3.8) is 0 Å². The third kappa shape index (κ3) is 2.29. The lowest BCUT2D eigenvalue weighted by Gasteiger charge is -2.10. The molecule has 0 unspecified atom stereocenters. The lowest BCUT2D eigenvalue weighted by atomic mass is 10.2. The van der Waals surface area contributed by atoms with Crippen LogP contribution in [0.4, 0.5) is 10.1 Å². The molecule has 1 atom stereocenters. The number of amides is 1. The molecule has 76 valence electrons. The summed E-state index contributed by atoms with van der Waals surface area (Å²) < 4.78 is 13.0. The SMILES string of the molecule is Cc1c(F)cccc1NC(=O)[C@H](C)N. The zero-order valence-electron chi connectivity index (χ0n) is 8.17. The maximum Gasteiger partial charge on any atom is 0.241 e. The van der Waals surface area contributed by atoms with Crippen LogP contribution in [0.2, 0.25) is 0 Å². The second kappa shape index (κ2) is 4.19. The number of hydrogen-bond acceptors (Lipinski definition) is 2. The highest BCUT2D eigenvalue weighted by atomic mass is 19.1. The molecule has 0 fully saturated rings. The third-order valence-corrected chi connectivity index (χ3v) is 1.94. The Morgan fingerprint density at radius 1 is 1.57 bits per heavy atom. The lowest BCUT2D eigenvalue weighted by Crippen LogP contribution is -2.32. The first-order chi connectivity index (χ1) is 6.52. The molecule has 0 aliphatic rings. The summed E-state index contributed by atoms with van der Waals surface area (Å²) in [5.41, 5.74) is 6.25. The molecule has 4 heteroatoms. The van der Waals surface area contributed by atoms with E-state index in [-0.39, 0.29) is 11.7 Å². The first-order valence-corrected chi connectivity index (χ1v) is 4.34. The van der Waals surface area contributed by atoms with Gasteiger partial charge in [0.25, 0.3) is 0 Å². The molecule has 0 bridgehead atoms. The Balaban J connectivity index is 2.87. The van der Waals surface area contributed by atoms with Gasteiger partial charge in [0.15, 0.2) is 0 Å². The number of halogens is 1. The number of rotatable bonds is 2. The Morgan fingerprint density at radius 2 is 2.21 bits per heavy atom. The number of hydrogen-bond donors (Lipinski definition) is 2. The zero-order valence-corrected chi connectivity index (χ0v) is 8.17. The monoisotopic (exact) mass is 196 g/mol. The van der Waals surface area contributed by atoms with Gasteiger partial charge in [0.1, 0.15) is 5.82 Å². The van der Waals surface area contributed by atoms with Crippen molar-refractivity contribution in [1.29, 1.82) is 0 Å². The predicted octanol–water partition coefficient (Wildman–Crippen LogP) is 1.42. The Labute approximate surface area is 82.1 Å². The van der Waals surface area contributed by atoms with Crippen LogP contribution in [0.5, 0.6) is 0 Å². The average molecular weight is 196 g/mol. The average Bonchev–Trinajstić information content (AvgIpc) is 2.12. The molecular weight excluding hydrogens is 183 g/mol. The van der Waals surface area contributed by atoms with Crippen molar-refractivity contribution in [2.45, 2.75) is 19.9 Å². The van der Waals surface area contributed by atoms with Gasteiger partial charge in [-0.05, 0) is 26.0 Å². The lowest BCUT2D eigenvalue weighted by molar-refractivity contribution is -0.117. The molecule has 1 aromatic carbocycles. The molecule has 1 aromatic rings. The fourth-order valence-corrected chi connectivity index (χ4v) is 0.989. The minimum Gasteiger partial charge on any atom is -0.324 e. The molecule has 0 spiro atoms. The van der Waals surface area contributed by atoms with E-state index in [0.29, 0.717) is 11.3 Å². The van der Waals surface area contributed by atoms with Crippen LogP contribution in [0.3, 0.4) is 0 Å². The van der Waals surface area contributed by atoms with E-state index in [1.165, 1.54) is 6.07 Å². The second-order valence-corrected chi connectivity index (χ2v) is 3.19. The third-order valence-electron chi connectivity index (χ3n) is 1.94. The Morgan fingerprint density at radius 3 is 2.79 bits per heavy atom. The predicted molar refractivity (Wildman–Crippen MR) is 53.4 cm³/mol. The molecule has 14 heavy (non-hydrogen) atoms. The van der Waals surface area contributed by atoms with Crippen molar-refractivity contribution >= 4 is 11.6 Å². The molecular formula is C10H13FN2O. The fraction of sp³-hybridized carbons (Fsp3) is 0.300. The summed E-state index contributed by atoms with van der Waals surface area (Å²) in [4.78, 5) is 11.2. The number of carbonyl (C=O) groups is 1. The summed E-state index contributed by atoms with van der Waals surface area (Å²) in [5.74, 6) is -0.661. The van der Waals surface area contributed by atoms with Crippen LogP contribution in [-0.4, -0.2) is 11.9 Å². The van der Waals surface area contributed by atoms with Gasteiger partial charge in [0.05, 0.1) is 6.04 Å². The van der Waals surface area contributed by atoms with E-state index in [1.54, 1.807) is 26.0 Å². The largest absolute Gasteiger partial charge is 0.324 e. The minimum atomic E-state index is -0.599. The molecule has 1 amide bonds. The van der Waals surface area contributed by atoms with Crippen LogP contribution in [0.25, 0.3) is 0 Å². The minimum absolute atomic E-state index is 0.321. The van der Waals surface area contributed by atoms with E-state index in [1.807, 2.05) is 0 Å². The first kappa shape index (κ1) is 10.7. The smallest absolute Gasteiger partial charge is 0.241 e. The van der Waals surface area contributed by atoms with Crippen LogP contribution in [0.15, 0.2) is 18.2 Å².